The molecule has 0 aromatic carbocycles. The Morgan fingerprint density at radius 3 is 3.17 bits per heavy atom. The Morgan fingerprint density at radius 1 is 1.48 bits per heavy atom. The molecule has 0 unspecified atom stereocenters. The molecule has 1 fully saturated rings. The summed E-state index contributed by atoms with van der Waals surface area (Å²) >= 11 is 1.59. The summed E-state index contributed by atoms with van der Waals surface area (Å²) in [5, 5.41) is 10.7. The van der Waals surface area contributed by atoms with Gasteiger partial charge in [0.1, 0.15) is 0 Å². The second-order valence-corrected chi connectivity index (χ2v) is 6.53. The monoisotopic (exact) mass is 335 g/mol. The molecule has 2 heterocycles. The van der Waals surface area contributed by atoms with E-state index in [4.69, 9.17) is 9.26 Å². The van der Waals surface area contributed by atoms with Crippen molar-refractivity contribution in [2.24, 2.45) is 5.92 Å². The molecule has 2 aromatic rings. The molecule has 0 spiro atoms. The first kappa shape index (κ1) is 16.1. The van der Waals surface area contributed by atoms with Crippen LogP contribution in [0.1, 0.15) is 31.6 Å². The molecular formula is C16H21N3O3S. The number of hydrogen-bond acceptors (Lipinski definition) is 6. The van der Waals surface area contributed by atoms with Crippen molar-refractivity contribution < 1.29 is 14.1 Å². The van der Waals surface area contributed by atoms with Gasteiger partial charge in [0.15, 0.2) is 0 Å². The standard InChI is InChI=1S/C16H21N3O3S/c20-14(17-7-1-8-21-10-12-2-3-12)4-5-15-18-16(19-22-15)13-6-9-23-11-13/h6,9,11-12H,1-5,7-8,10H2,(H,17,20). The normalized spacial score (nSPS) is 14.1. The van der Waals surface area contributed by atoms with E-state index >= 15 is 0 Å². The second-order valence-electron chi connectivity index (χ2n) is 5.75. The molecule has 0 aliphatic heterocycles. The van der Waals surface area contributed by atoms with E-state index < -0.39 is 0 Å². The number of thiophene rings is 1. The fraction of sp³-hybridized carbons (Fsp3) is 0.562. The maximum absolute atomic E-state index is 11.8. The highest BCUT2D eigenvalue weighted by atomic mass is 32.1. The highest BCUT2D eigenvalue weighted by Crippen LogP contribution is 2.28. The molecule has 0 bridgehead atoms. The Labute approximate surface area is 139 Å². The lowest BCUT2D eigenvalue weighted by atomic mass is 10.3. The van der Waals surface area contributed by atoms with Gasteiger partial charge in [-0.3, -0.25) is 4.79 Å². The lowest BCUT2D eigenvalue weighted by molar-refractivity contribution is -0.121. The van der Waals surface area contributed by atoms with Crippen molar-refractivity contribution in [2.45, 2.75) is 32.1 Å². The molecule has 0 atom stereocenters. The molecule has 124 valence electrons. The predicted molar refractivity (Wildman–Crippen MR) is 87.1 cm³/mol. The third-order valence-corrected chi connectivity index (χ3v) is 4.33. The average molecular weight is 335 g/mol. The molecule has 1 amide bonds. The van der Waals surface area contributed by atoms with E-state index in [-0.39, 0.29) is 5.91 Å². The van der Waals surface area contributed by atoms with Crippen molar-refractivity contribution >= 4 is 17.2 Å². The lowest BCUT2D eigenvalue weighted by Crippen LogP contribution is -2.25. The molecule has 2 aromatic heterocycles. The maximum Gasteiger partial charge on any atom is 0.227 e. The van der Waals surface area contributed by atoms with E-state index in [0.717, 1.165) is 24.5 Å². The fourth-order valence-corrected chi connectivity index (χ4v) is 2.75. The third kappa shape index (κ3) is 5.44. The Morgan fingerprint density at radius 2 is 2.39 bits per heavy atom. The zero-order chi connectivity index (χ0) is 15.9. The van der Waals surface area contributed by atoms with Gasteiger partial charge in [-0.1, -0.05) is 5.16 Å². The molecule has 1 saturated carbocycles. The third-order valence-electron chi connectivity index (χ3n) is 3.65. The van der Waals surface area contributed by atoms with Gasteiger partial charge in [-0.05, 0) is 36.6 Å². The fourth-order valence-electron chi connectivity index (χ4n) is 2.11. The van der Waals surface area contributed by atoms with Crippen LogP contribution in [0.2, 0.25) is 0 Å². The molecule has 0 radical (unpaired) electrons. The zero-order valence-corrected chi connectivity index (χ0v) is 13.8. The number of carbonyl (C=O) groups is 1. The van der Waals surface area contributed by atoms with Crippen LogP contribution in [0, 0.1) is 5.92 Å². The highest BCUT2D eigenvalue weighted by Gasteiger charge is 2.20. The minimum atomic E-state index is 0.00229. The van der Waals surface area contributed by atoms with Gasteiger partial charge in [-0.2, -0.15) is 16.3 Å². The van der Waals surface area contributed by atoms with E-state index in [2.05, 4.69) is 15.5 Å². The van der Waals surface area contributed by atoms with Gasteiger partial charge in [0.25, 0.3) is 0 Å². The minimum Gasteiger partial charge on any atom is -0.381 e. The molecular weight excluding hydrogens is 314 g/mol. The van der Waals surface area contributed by atoms with Gasteiger partial charge in [-0.25, -0.2) is 0 Å². The molecule has 1 N–H and O–H groups in total. The Balaban J connectivity index is 1.28. The number of nitrogens with one attached hydrogen (secondary N) is 1. The van der Waals surface area contributed by atoms with E-state index in [1.165, 1.54) is 12.8 Å². The number of rotatable bonds is 10. The Hall–Kier alpha value is -1.73. The maximum atomic E-state index is 11.8. The van der Waals surface area contributed by atoms with Crippen LogP contribution in [-0.4, -0.2) is 35.8 Å². The summed E-state index contributed by atoms with van der Waals surface area (Å²) in [5.74, 6) is 1.86. The molecule has 6 nitrogen and oxygen atoms in total. The van der Waals surface area contributed by atoms with E-state index in [0.29, 0.717) is 37.7 Å². The zero-order valence-electron chi connectivity index (χ0n) is 13.0. The van der Waals surface area contributed by atoms with Crippen molar-refractivity contribution in [1.29, 1.82) is 0 Å². The van der Waals surface area contributed by atoms with Crippen molar-refractivity contribution in [3.8, 4) is 11.4 Å². The van der Waals surface area contributed by atoms with E-state index in [1.807, 2.05) is 16.8 Å². The van der Waals surface area contributed by atoms with Gasteiger partial charge in [-0.15, -0.1) is 0 Å². The van der Waals surface area contributed by atoms with Gasteiger partial charge >= 0.3 is 0 Å². The number of aromatic nitrogens is 2. The van der Waals surface area contributed by atoms with E-state index in [1.54, 1.807) is 11.3 Å². The first-order chi connectivity index (χ1) is 11.3. The van der Waals surface area contributed by atoms with E-state index in [9.17, 15) is 4.79 Å². The first-order valence-electron chi connectivity index (χ1n) is 8.01. The second kappa shape index (κ2) is 8.21. The molecule has 7 heteroatoms. The van der Waals surface area contributed by atoms with Crippen molar-refractivity contribution in [3.05, 3.63) is 22.7 Å². The summed E-state index contributed by atoms with van der Waals surface area (Å²) < 4.78 is 10.7. The van der Waals surface area contributed by atoms with Crippen LogP contribution in [0.5, 0.6) is 0 Å². The predicted octanol–water partition coefficient (Wildman–Crippen LogP) is 2.66. The first-order valence-corrected chi connectivity index (χ1v) is 8.95. The number of hydrogen-bond donors (Lipinski definition) is 1. The largest absolute Gasteiger partial charge is 0.381 e. The number of aryl methyl sites for hydroxylation is 1. The van der Waals surface area contributed by atoms with Crippen molar-refractivity contribution in [2.75, 3.05) is 19.8 Å². The number of amides is 1. The van der Waals surface area contributed by atoms with Gasteiger partial charge in [0.05, 0.1) is 0 Å². The van der Waals surface area contributed by atoms with Crippen LogP contribution < -0.4 is 5.32 Å². The average Bonchev–Trinajstić information content (AvgIpc) is 3.04. The topological polar surface area (TPSA) is 77.2 Å². The summed E-state index contributed by atoms with van der Waals surface area (Å²) in [6, 6.07) is 1.94. The van der Waals surface area contributed by atoms with Crippen LogP contribution >= 0.6 is 11.3 Å². The Kier molecular flexibility index (Phi) is 5.76. The van der Waals surface area contributed by atoms with Crippen LogP contribution in [0.25, 0.3) is 11.4 Å². The van der Waals surface area contributed by atoms with Crippen molar-refractivity contribution in [1.82, 2.24) is 15.5 Å². The number of carbonyl (C=O) groups excluding carboxylic acids is 1. The summed E-state index contributed by atoms with van der Waals surface area (Å²) in [7, 11) is 0. The summed E-state index contributed by atoms with van der Waals surface area (Å²) in [4.78, 5) is 16.1. The van der Waals surface area contributed by atoms with Crippen LogP contribution in [0.15, 0.2) is 21.3 Å². The highest BCUT2D eigenvalue weighted by molar-refractivity contribution is 7.08. The van der Waals surface area contributed by atoms with Gasteiger partial charge in [0.2, 0.25) is 17.6 Å². The van der Waals surface area contributed by atoms with Gasteiger partial charge < -0.3 is 14.6 Å². The SMILES string of the molecule is O=C(CCc1nc(-c2ccsc2)no1)NCCCOCC1CC1. The van der Waals surface area contributed by atoms with Crippen molar-refractivity contribution in [3.63, 3.8) is 0 Å². The summed E-state index contributed by atoms with van der Waals surface area (Å²) in [6.45, 7) is 2.23. The van der Waals surface area contributed by atoms with Crippen LogP contribution in [0.3, 0.4) is 0 Å². The Bertz CT molecular complexity index is 608. The minimum absolute atomic E-state index is 0.00229. The smallest absolute Gasteiger partial charge is 0.227 e. The summed E-state index contributed by atoms with van der Waals surface area (Å²) in [5.41, 5.74) is 0.945. The summed E-state index contributed by atoms with van der Waals surface area (Å²) in [6.07, 6.45) is 4.28. The molecule has 0 saturated heterocycles. The quantitative estimate of drug-likeness (QED) is 0.676. The lowest BCUT2D eigenvalue weighted by Gasteiger charge is -2.05. The van der Waals surface area contributed by atoms with Crippen LogP contribution in [0.4, 0.5) is 0 Å². The molecule has 23 heavy (non-hydrogen) atoms. The molecule has 1 aliphatic rings. The number of nitrogens with zero attached hydrogens (tertiary/aromatic N) is 2. The van der Waals surface area contributed by atoms with Gasteiger partial charge in [0, 0.05) is 43.5 Å². The molecule has 3 rings (SSSR count). The molecule has 1 aliphatic carbocycles. The van der Waals surface area contributed by atoms with Crippen LogP contribution in [-0.2, 0) is 16.0 Å². The number of ether oxygens (including phenoxy) is 1.